The molecule has 2 atom stereocenters. The Morgan fingerprint density at radius 1 is 0.840 bits per heavy atom. The number of rotatable bonds is 1. The van der Waals surface area contributed by atoms with Crippen LogP contribution >= 0.6 is 24.8 Å². The molecule has 138 valence electrons. The SMILES string of the molecule is CC1=[C-]C(C)C=C1.CC1=[C-]C(C)C=C1.Cl.Cl.[CH3-].[Zr]=[CH]c1ccccc1. The number of hydrogen-bond donors (Lipinski definition) is 0. The fourth-order valence-electron chi connectivity index (χ4n) is 2.04. The fourth-order valence-corrected chi connectivity index (χ4v) is 2.51. The maximum absolute atomic E-state index is 3.22. The summed E-state index contributed by atoms with van der Waals surface area (Å²) in [5.41, 5.74) is 3.87. The first-order valence-electron chi connectivity index (χ1n) is 7.63. The predicted octanol–water partition coefficient (Wildman–Crippen LogP) is 6.56. The van der Waals surface area contributed by atoms with Gasteiger partial charge in [-0.3, -0.25) is 12.2 Å². The summed E-state index contributed by atoms with van der Waals surface area (Å²) in [5, 5.41) is 0. The summed E-state index contributed by atoms with van der Waals surface area (Å²) in [5.74, 6) is 1.11. The summed E-state index contributed by atoms with van der Waals surface area (Å²) < 4.78 is 2.17. The first-order valence-corrected chi connectivity index (χ1v) is 9.05. The van der Waals surface area contributed by atoms with E-state index in [4.69, 9.17) is 0 Å². The third-order valence-electron chi connectivity index (χ3n) is 3.15. The van der Waals surface area contributed by atoms with Gasteiger partial charge in [-0.05, 0) is 0 Å². The van der Waals surface area contributed by atoms with E-state index in [0.717, 1.165) is 0 Å². The van der Waals surface area contributed by atoms with Gasteiger partial charge in [-0.2, -0.15) is 12.2 Å². The van der Waals surface area contributed by atoms with Crippen LogP contribution < -0.4 is 0 Å². The number of hydrogen-bond acceptors (Lipinski definition) is 0. The Balaban J connectivity index is -0.000000275. The van der Waals surface area contributed by atoms with Gasteiger partial charge in [0, 0.05) is 0 Å². The number of benzene rings is 1. The summed E-state index contributed by atoms with van der Waals surface area (Å²) in [4.78, 5) is 0. The van der Waals surface area contributed by atoms with Crippen molar-refractivity contribution in [2.45, 2.75) is 27.7 Å². The van der Waals surface area contributed by atoms with Crippen molar-refractivity contribution in [3.05, 3.63) is 90.9 Å². The van der Waals surface area contributed by atoms with Gasteiger partial charge in [0.2, 0.25) is 0 Å². The van der Waals surface area contributed by atoms with Crippen LogP contribution in [0.1, 0.15) is 33.3 Å². The average molecular weight is 456 g/mol. The van der Waals surface area contributed by atoms with Gasteiger partial charge in [-0.25, -0.2) is 23.3 Å². The molecule has 0 saturated carbocycles. The van der Waals surface area contributed by atoms with E-state index in [9.17, 15) is 0 Å². The molecule has 1 aromatic carbocycles. The zero-order valence-electron chi connectivity index (χ0n) is 15.7. The summed E-state index contributed by atoms with van der Waals surface area (Å²) in [6.45, 7) is 8.40. The van der Waals surface area contributed by atoms with Crippen LogP contribution in [-0.2, 0) is 24.2 Å². The van der Waals surface area contributed by atoms with Gasteiger partial charge < -0.3 is 7.43 Å². The molecule has 0 saturated heterocycles. The molecule has 1 aromatic rings. The summed E-state index contributed by atoms with van der Waals surface area (Å²) in [6.07, 6.45) is 14.9. The molecule has 0 fully saturated rings. The molecule has 2 aliphatic carbocycles. The zero-order chi connectivity index (χ0) is 16.4. The molecular formula is C22H29Cl2Zr-3. The van der Waals surface area contributed by atoms with Crippen molar-refractivity contribution in [1.29, 1.82) is 0 Å². The maximum atomic E-state index is 3.22. The van der Waals surface area contributed by atoms with Gasteiger partial charge in [0.25, 0.3) is 0 Å². The van der Waals surface area contributed by atoms with E-state index in [-0.39, 0.29) is 32.2 Å². The van der Waals surface area contributed by atoms with Crippen molar-refractivity contribution in [3.8, 4) is 0 Å². The zero-order valence-corrected chi connectivity index (χ0v) is 19.8. The van der Waals surface area contributed by atoms with Gasteiger partial charge in [0.05, 0.1) is 0 Å². The average Bonchev–Trinajstić information content (AvgIpc) is 3.08. The van der Waals surface area contributed by atoms with Crippen LogP contribution in [0, 0.1) is 31.4 Å². The van der Waals surface area contributed by atoms with Crippen molar-refractivity contribution >= 4 is 28.5 Å². The molecule has 0 aromatic heterocycles. The second-order valence-electron chi connectivity index (χ2n) is 5.51. The normalized spacial score (nSPS) is 18.5. The fraction of sp³-hybridized carbons (Fsp3) is 0.273. The molecule has 2 aliphatic rings. The molecule has 0 spiro atoms. The van der Waals surface area contributed by atoms with Crippen molar-refractivity contribution < 1.29 is 24.2 Å². The van der Waals surface area contributed by atoms with Gasteiger partial charge in [-0.1, -0.05) is 39.5 Å². The molecule has 3 rings (SSSR count). The third kappa shape index (κ3) is 14.4. The minimum absolute atomic E-state index is 0. The van der Waals surface area contributed by atoms with E-state index in [1.807, 2.05) is 6.07 Å². The first kappa shape index (κ1) is 29.3. The molecule has 0 bridgehead atoms. The molecular weight excluding hydrogens is 426 g/mol. The Labute approximate surface area is 182 Å². The third-order valence-corrected chi connectivity index (χ3v) is 3.97. The van der Waals surface area contributed by atoms with Crippen molar-refractivity contribution in [2.24, 2.45) is 11.8 Å². The van der Waals surface area contributed by atoms with E-state index in [1.54, 1.807) is 0 Å². The van der Waals surface area contributed by atoms with Crippen LogP contribution in [0.25, 0.3) is 0 Å². The Kier molecular flexibility index (Phi) is 19.9. The molecule has 0 N–H and O–H groups in total. The molecule has 0 radical (unpaired) electrons. The van der Waals surface area contributed by atoms with E-state index in [2.05, 4.69) is 92.1 Å². The summed E-state index contributed by atoms with van der Waals surface area (Å²) in [7, 11) is 0. The Bertz CT molecular complexity index is 551. The second-order valence-corrected chi connectivity index (χ2v) is 6.21. The molecule has 0 nitrogen and oxygen atoms in total. The number of allylic oxidation sites excluding steroid dienone is 8. The molecule has 2 unspecified atom stereocenters. The van der Waals surface area contributed by atoms with Gasteiger partial charge in [0.1, 0.15) is 0 Å². The van der Waals surface area contributed by atoms with Crippen LogP contribution in [0.5, 0.6) is 0 Å². The predicted molar refractivity (Wildman–Crippen MR) is 114 cm³/mol. The van der Waals surface area contributed by atoms with Crippen LogP contribution in [0.3, 0.4) is 0 Å². The van der Waals surface area contributed by atoms with Crippen LogP contribution in [0.2, 0.25) is 0 Å². The Morgan fingerprint density at radius 3 is 1.40 bits per heavy atom. The molecule has 0 aliphatic heterocycles. The van der Waals surface area contributed by atoms with E-state index < -0.39 is 0 Å². The van der Waals surface area contributed by atoms with E-state index >= 15 is 0 Å². The Hall–Kier alpha value is -0.487. The summed E-state index contributed by atoms with van der Waals surface area (Å²) >= 11 is 1.46. The minimum atomic E-state index is 0. The van der Waals surface area contributed by atoms with Crippen LogP contribution in [-0.4, -0.2) is 3.71 Å². The number of halogens is 2. The monoisotopic (exact) mass is 453 g/mol. The van der Waals surface area contributed by atoms with Gasteiger partial charge in [-0.15, -0.1) is 24.8 Å². The summed E-state index contributed by atoms with van der Waals surface area (Å²) in [6, 6.07) is 10.3. The Morgan fingerprint density at radius 2 is 1.24 bits per heavy atom. The van der Waals surface area contributed by atoms with Crippen molar-refractivity contribution in [1.82, 2.24) is 0 Å². The topological polar surface area (TPSA) is 0 Å². The van der Waals surface area contributed by atoms with E-state index in [1.165, 1.54) is 40.9 Å². The standard InChI is InChI=1S/2C7H9.C7H6.CH3.2ClH.Zr/c2*1-6-3-4-7(2)5-6;1-7-5-3-2-4-6-7;;;;/h2*3-4,6H,1-2H3;1-6H;1H3;2*1H;/q2*-1;;-1;;;. The van der Waals surface area contributed by atoms with Gasteiger partial charge in [0.15, 0.2) is 0 Å². The van der Waals surface area contributed by atoms with Gasteiger partial charge >= 0.3 is 63.8 Å². The van der Waals surface area contributed by atoms with Crippen molar-refractivity contribution in [2.75, 3.05) is 0 Å². The molecule has 0 heterocycles. The molecule has 3 heteroatoms. The van der Waals surface area contributed by atoms with Crippen molar-refractivity contribution in [3.63, 3.8) is 0 Å². The first-order chi connectivity index (χ1) is 10.5. The van der Waals surface area contributed by atoms with Crippen LogP contribution in [0.4, 0.5) is 0 Å². The molecule has 0 amide bonds. The van der Waals surface area contributed by atoms with E-state index in [0.29, 0.717) is 11.8 Å². The van der Waals surface area contributed by atoms with Crippen LogP contribution in [0.15, 0.2) is 65.8 Å². The second kappa shape index (κ2) is 17.0. The molecule has 25 heavy (non-hydrogen) atoms. The quantitative estimate of drug-likeness (QED) is 0.421.